The Morgan fingerprint density at radius 3 is 2.61 bits per heavy atom. The Hall–Kier alpha value is -3.43. The van der Waals surface area contributed by atoms with Crippen molar-refractivity contribution in [3.8, 4) is 28.7 Å². The molecular weight excluding hydrogens is 388 g/mol. The lowest BCUT2D eigenvalue weighted by atomic mass is 9.62. The highest BCUT2D eigenvalue weighted by atomic mass is 16.6. The Balaban J connectivity index is 1.58. The number of hydrogen-bond donors (Lipinski definition) is 0. The number of carbonyl (C=O) groups excluding carboxylic acids is 1. The fourth-order valence-electron chi connectivity index (χ4n) is 5.48. The monoisotopic (exact) mass is 408 g/mol. The van der Waals surface area contributed by atoms with Crippen LogP contribution in [0.3, 0.4) is 0 Å². The molecule has 0 amide bonds. The van der Waals surface area contributed by atoms with Gasteiger partial charge >= 0.3 is 0 Å². The van der Waals surface area contributed by atoms with Crippen molar-refractivity contribution in [2.75, 3.05) is 0 Å². The van der Waals surface area contributed by atoms with E-state index in [0.717, 1.165) is 40.9 Å². The Morgan fingerprint density at radius 2 is 1.87 bits per heavy atom. The number of aromatic nitrogens is 3. The number of carbonyl (C=O) groups is 1. The molecule has 2 aromatic heterocycles. The van der Waals surface area contributed by atoms with Gasteiger partial charge in [0.1, 0.15) is 12.2 Å². The predicted molar refractivity (Wildman–Crippen MR) is 113 cm³/mol. The van der Waals surface area contributed by atoms with E-state index in [1.807, 2.05) is 37.3 Å². The molecule has 1 aromatic carbocycles. The average molecular weight is 408 g/mol. The molecule has 31 heavy (non-hydrogen) atoms. The molecule has 6 heteroatoms. The fraction of sp³-hybridized carbons (Fsp3) is 0.320. The van der Waals surface area contributed by atoms with Gasteiger partial charge in [-0.25, -0.2) is 9.97 Å². The number of epoxide rings is 1. The van der Waals surface area contributed by atoms with Crippen molar-refractivity contribution in [2.24, 2.45) is 11.8 Å². The van der Waals surface area contributed by atoms with Gasteiger partial charge in [-0.1, -0.05) is 37.3 Å². The Morgan fingerprint density at radius 1 is 1.10 bits per heavy atom. The highest BCUT2D eigenvalue weighted by molar-refractivity contribution is 5.97. The number of nitriles is 1. The number of hydrogen-bond acceptors (Lipinski definition) is 6. The molecule has 0 radical (unpaired) electrons. The molecule has 0 N–H and O–H groups in total. The van der Waals surface area contributed by atoms with Crippen molar-refractivity contribution in [2.45, 2.75) is 37.4 Å². The molecule has 2 fully saturated rings. The van der Waals surface area contributed by atoms with Crippen LogP contribution >= 0.6 is 0 Å². The number of Topliss-reactive ketones (excluding diaryl/α,β-unsaturated/α-hetero) is 1. The predicted octanol–water partition coefficient (Wildman–Crippen LogP) is 3.73. The van der Waals surface area contributed by atoms with Crippen LogP contribution in [0.2, 0.25) is 0 Å². The summed E-state index contributed by atoms with van der Waals surface area (Å²) in [5.41, 5.74) is 3.58. The van der Waals surface area contributed by atoms with Crippen molar-refractivity contribution in [1.82, 2.24) is 15.0 Å². The molecule has 3 heterocycles. The van der Waals surface area contributed by atoms with E-state index in [4.69, 9.17) is 14.7 Å². The summed E-state index contributed by atoms with van der Waals surface area (Å²) in [6.45, 7) is 1.94. The van der Waals surface area contributed by atoms with Gasteiger partial charge in [0.15, 0.2) is 11.6 Å². The highest BCUT2D eigenvalue weighted by Gasteiger charge is 2.73. The molecule has 3 aromatic rings. The first kappa shape index (κ1) is 18.3. The number of pyridine rings is 1. The summed E-state index contributed by atoms with van der Waals surface area (Å²) in [4.78, 5) is 27.0. The smallest absolute Gasteiger partial charge is 0.240 e. The third kappa shape index (κ3) is 2.53. The summed E-state index contributed by atoms with van der Waals surface area (Å²) in [5.74, 6) is 0.376. The molecule has 0 bridgehead atoms. The van der Waals surface area contributed by atoms with Crippen LogP contribution in [0.4, 0.5) is 0 Å². The van der Waals surface area contributed by atoms with Crippen LogP contribution in [-0.2, 0) is 16.0 Å². The van der Waals surface area contributed by atoms with Gasteiger partial charge in [0.05, 0.1) is 11.4 Å². The molecule has 2 aliphatic carbocycles. The van der Waals surface area contributed by atoms with Gasteiger partial charge in [0.25, 0.3) is 0 Å². The molecule has 6 nitrogen and oxygen atoms in total. The second-order valence-corrected chi connectivity index (χ2v) is 8.63. The van der Waals surface area contributed by atoms with Gasteiger partial charge in [-0.15, -0.1) is 0 Å². The van der Waals surface area contributed by atoms with E-state index in [0.29, 0.717) is 5.82 Å². The van der Waals surface area contributed by atoms with Gasteiger partial charge in [-0.05, 0) is 30.9 Å². The summed E-state index contributed by atoms with van der Waals surface area (Å²) in [5, 5.41) is 9.75. The van der Waals surface area contributed by atoms with E-state index in [1.165, 1.54) is 0 Å². The van der Waals surface area contributed by atoms with Crippen LogP contribution in [0.15, 0.2) is 54.9 Å². The summed E-state index contributed by atoms with van der Waals surface area (Å²) < 4.78 is 5.83. The standard InChI is InChI=1S/C25H20N4O2/c1-14-17-7-8-18-20(15-5-3-2-4-6-15)28-24(16-9-11-27-12-10-16)29-21(18)19(17)23-25(13-26,31-23)22(14)30/h2-6,9-12,14,17,19,23H,7-8H2,1H3. The van der Waals surface area contributed by atoms with Crippen molar-refractivity contribution in [3.63, 3.8) is 0 Å². The van der Waals surface area contributed by atoms with Gasteiger partial charge in [-0.2, -0.15) is 5.26 Å². The zero-order chi connectivity index (χ0) is 21.2. The summed E-state index contributed by atoms with van der Waals surface area (Å²) in [6.07, 6.45) is 4.71. The van der Waals surface area contributed by atoms with Crippen LogP contribution < -0.4 is 0 Å². The van der Waals surface area contributed by atoms with Crippen LogP contribution in [0.1, 0.15) is 30.5 Å². The van der Waals surface area contributed by atoms with Crippen LogP contribution in [0.25, 0.3) is 22.6 Å². The Kier molecular flexibility index (Phi) is 3.87. The zero-order valence-corrected chi connectivity index (χ0v) is 17.0. The number of fused-ring (bicyclic) bond motifs is 5. The molecule has 3 aliphatic rings. The molecular formula is C25H20N4O2. The minimum atomic E-state index is -1.30. The van der Waals surface area contributed by atoms with Gasteiger partial charge in [0, 0.05) is 40.9 Å². The largest absolute Gasteiger partial charge is 0.342 e. The lowest BCUT2D eigenvalue weighted by molar-refractivity contribution is -0.128. The normalized spacial score (nSPS) is 30.5. The van der Waals surface area contributed by atoms with E-state index in [2.05, 4.69) is 23.2 Å². The second-order valence-electron chi connectivity index (χ2n) is 8.63. The van der Waals surface area contributed by atoms with Gasteiger partial charge < -0.3 is 4.74 Å². The van der Waals surface area contributed by atoms with Crippen molar-refractivity contribution < 1.29 is 9.53 Å². The Bertz CT molecular complexity index is 1240. The van der Waals surface area contributed by atoms with Crippen LogP contribution in [0.5, 0.6) is 0 Å². The number of ketones is 1. The number of rotatable bonds is 2. The third-order valence-corrected chi connectivity index (χ3v) is 7.10. The molecule has 1 aliphatic heterocycles. The van der Waals surface area contributed by atoms with Gasteiger partial charge in [-0.3, -0.25) is 9.78 Å². The van der Waals surface area contributed by atoms with Crippen LogP contribution in [-0.4, -0.2) is 32.4 Å². The van der Waals surface area contributed by atoms with E-state index < -0.39 is 11.7 Å². The van der Waals surface area contributed by atoms with Crippen molar-refractivity contribution in [3.05, 3.63) is 66.1 Å². The summed E-state index contributed by atoms with van der Waals surface area (Å²) in [7, 11) is 0. The SMILES string of the molecule is CC1C(=O)C2(C#N)OC2C2c3nc(-c4ccncc4)nc(-c4ccccc4)c3CCC12. The lowest BCUT2D eigenvalue weighted by Crippen LogP contribution is -2.46. The maximum atomic E-state index is 12.9. The lowest BCUT2D eigenvalue weighted by Gasteiger charge is -2.39. The van der Waals surface area contributed by atoms with E-state index in [-0.39, 0.29) is 23.5 Å². The highest BCUT2D eigenvalue weighted by Crippen LogP contribution is 2.59. The molecule has 1 saturated carbocycles. The van der Waals surface area contributed by atoms with E-state index in [9.17, 15) is 10.1 Å². The second kappa shape index (κ2) is 6.53. The average Bonchev–Trinajstić information content (AvgIpc) is 3.58. The quantitative estimate of drug-likeness (QED) is 0.600. The summed E-state index contributed by atoms with van der Waals surface area (Å²) in [6, 6.07) is 16.1. The first-order chi connectivity index (χ1) is 15.1. The Labute approximate surface area is 180 Å². The maximum Gasteiger partial charge on any atom is 0.240 e. The van der Waals surface area contributed by atoms with E-state index >= 15 is 0 Å². The number of ether oxygens (including phenoxy) is 1. The zero-order valence-electron chi connectivity index (χ0n) is 17.0. The molecule has 6 rings (SSSR count). The molecule has 5 atom stereocenters. The first-order valence-corrected chi connectivity index (χ1v) is 10.6. The topological polar surface area (TPSA) is 92.1 Å². The third-order valence-electron chi connectivity index (χ3n) is 7.10. The minimum Gasteiger partial charge on any atom is -0.342 e. The van der Waals surface area contributed by atoms with Gasteiger partial charge in [0.2, 0.25) is 5.60 Å². The van der Waals surface area contributed by atoms with Crippen LogP contribution in [0, 0.1) is 23.2 Å². The maximum absolute atomic E-state index is 12.9. The number of nitrogens with zero attached hydrogens (tertiary/aromatic N) is 4. The first-order valence-electron chi connectivity index (χ1n) is 10.6. The minimum absolute atomic E-state index is 0.0728. The molecule has 0 spiro atoms. The fourth-order valence-corrected chi connectivity index (χ4v) is 5.48. The molecule has 152 valence electrons. The number of benzene rings is 1. The molecule has 1 saturated heterocycles. The molecule has 5 unspecified atom stereocenters. The summed E-state index contributed by atoms with van der Waals surface area (Å²) >= 11 is 0. The van der Waals surface area contributed by atoms with Crippen molar-refractivity contribution in [1.29, 1.82) is 5.26 Å². The van der Waals surface area contributed by atoms with Crippen molar-refractivity contribution >= 4 is 5.78 Å². The van der Waals surface area contributed by atoms with E-state index in [1.54, 1.807) is 12.4 Å².